The van der Waals surface area contributed by atoms with Crippen LogP contribution in [0.4, 0.5) is 14.9 Å². The Balaban J connectivity index is 1.61. The number of anilines is 1. The number of amides is 2. The third-order valence-corrected chi connectivity index (χ3v) is 4.01. The molecule has 1 aromatic carbocycles. The lowest BCUT2D eigenvalue weighted by molar-refractivity contribution is 0.0692. The van der Waals surface area contributed by atoms with Crippen LogP contribution in [0.15, 0.2) is 18.2 Å². The maximum atomic E-state index is 13.5. The van der Waals surface area contributed by atoms with E-state index in [0.29, 0.717) is 11.8 Å². The zero-order valence-corrected chi connectivity index (χ0v) is 11.4. The van der Waals surface area contributed by atoms with Crippen molar-refractivity contribution in [1.29, 1.82) is 0 Å². The molecule has 112 valence electrons. The summed E-state index contributed by atoms with van der Waals surface area (Å²) in [7, 11) is 0. The van der Waals surface area contributed by atoms with Gasteiger partial charge in [0.15, 0.2) is 0 Å². The molecule has 0 unspecified atom stereocenters. The summed E-state index contributed by atoms with van der Waals surface area (Å²) in [6.07, 6.45) is 4.62. The lowest BCUT2D eigenvalue weighted by Crippen LogP contribution is -2.40. The first-order valence-corrected chi connectivity index (χ1v) is 7.15. The minimum Gasteiger partial charge on any atom is -0.478 e. The summed E-state index contributed by atoms with van der Waals surface area (Å²) in [5.41, 5.74) is -0.157. The summed E-state index contributed by atoms with van der Waals surface area (Å²) in [5, 5.41) is 14.3. The minimum absolute atomic E-state index is 0.216. The average Bonchev–Trinajstić information content (AvgIpc) is 3.27. The first-order valence-electron chi connectivity index (χ1n) is 7.15. The van der Waals surface area contributed by atoms with Crippen molar-refractivity contribution in [1.82, 2.24) is 5.32 Å². The highest BCUT2D eigenvalue weighted by Crippen LogP contribution is 2.44. The van der Waals surface area contributed by atoms with Gasteiger partial charge in [0.05, 0.1) is 5.56 Å². The number of rotatable bonds is 5. The average molecular weight is 292 g/mol. The Morgan fingerprint density at radius 1 is 1.19 bits per heavy atom. The van der Waals surface area contributed by atoms with Crippen molar-refractivity contribution in [3.8, 4) is 0 Å². The van der Waals surface area contributed by atoms with Crippen LogP contribution in [-0.2, 0) is 0 Å². The van der Waals surface area contributed by atoms with E-state index in [4.69, 9.17) is 5.11 Å². The summed E-state index contributed by atoms with van der Waals surface area (Å²) in [6.45, 7) is 0. The zero-order valence-electron chi connectivity index (χ0n) is 11.4. The van der Waals surface area contributed by atoms with Crippen molar-refractivity contribution in [3.63, 3.8) is 0 Å². The van der Waals surface area contributed by atoms with Gasteiger partial charge in [0.1, 0.15) is 5.82 Å². The Kier molecular flexibility index (Phi) is 3.53. The SMILES string of the molecule is O=C(Nc1ccc(C(=O)O)c(F)c1)NC(C1CC1)C1CC1. The topological polar surface area (TPSA) is 78.4 Å². The van der Waals surface area contributed by atoms with Crippen LogP contribution in [0.1, 0.15) is 36.0 Å². The molecule has 2 fully saturated rings. The molecule has 0 aliphatic heterocycles. The van der Waals surface area contributed by atoms with Crippen molar-refractivity contribution in [2.75, 3.05) is 5.32 Å². The second kappa shape index (κ2) is 5.35. The number of carboxylic acids is 1. The molecule has 0 bridgehead atoms. The van der Waals surface area contributed by atoms with Gasteiger partial charge in [-0.15, -0.1) is 0 Å². The molecule has 0 spiro atoms. The molecule has 5 nitrogen and oxygen atoms in total. The van der Waals surface area contributed by atoms with Crippen LogP contribution in [0, 0.1) is 17.7 Å². The van der Waals surface area contributed by atoms with Crippen LogP contribution < -0.4 is 10.6 Å². The van der Waals surface area contributed by atoms with Crippen molar-refractivity contribution >= 4 is 17.7 Å². The van der Waals surface area contributed by atoms with Crippen LogP contribution in [0.3, 0.4) is 0 Å². The molecule has 2 amide bonds. The fourth-order valence-corrected chi connectivity index (χ4v) is 2.62. The number of carbonyl (C=O) groups is 2. The highest BCUT2D eigenvalue weighted by Gasteiger charge is 2.42. The molecule has 2 aliphatic rings. The van der Waals surface area contributed by atoms with E-state index >= 15 is 0 Å². The predicted molar refractivity (Wildman–Crippen MR) is 74.7 cm³/mol. The zero-order chi connectivity index (χ0) is 15.0. The number of halogens is 1. The number of carbonyl (C=O) groups excluding carboxylic acids is 1. The molecule has 1 aromatic rings. The van der Waals surface area contributed by atoms with Crippen molar-refractivity contribution < 1.29 is 19.1 Å². The number of carboxylic acid groups (broad SMARTS) is 1. The number of nitrogens with one attached hydrogen (secondary N) is 2. The number of hydrogen-bond acceptors (Lipinski definition) is 2. The van der Waals surface area contributed by atoms with E-state index in [2.05, 4.69) is 10.6 Å². The fourth-order valence-electron chi connectivity index (χ4n) is 2.62. The maximum absolute atomic E-state index is 13.5. The van der Waals surface area contributed by atoms with Crippen LogP contribution in [0.5, 0.6) is 0 Å². The second-order valence-corrected chi connectivity index (χ2v) is 5.80. The Labute approximate surface area is 121 Å². The van der Waals surface area contributed by atoms with Gasteiger partial charge in [-0.2, -0.15) is 0 Å². The summed E-state index contributed by atoms with van der Waals surface area (Å²) in [4.78, 5) is 22.7. The number of urea groups is 1. The third kappa shape index (κ3) is 3.32. The Hall–Kier alpha value is -2.11. The largest absolute Gasteiger partial charge is 0.478 e. The van der Waals surface area contributed by atoms with Gasteiger partial charge in [-0.25, -0.2) is 14.0 Å². The maximum Gasteiger partial charge on any atom is 0.338 e. The van der Waals surface area contributed by atoms with Gasteiger partial charge in [0, 0.05) is 11.7 Å². The van der Waals surface area contributed by atoms with Gasteiger partial charge in [0.2, 0.25) is 0 Å². The van der Waals surface area contributed by atoms with Crippen LogP contribution in [0.2, 0.25) is 0 Å². The van der Waals surface area contributed by atoms with Crippen molar-refractivity contribution in [2.24, 2.45) is 11.8 Å². The van der Waals surface area contributed by atoms with Gasteiger partial charge >= 0.3 is 12.0 Å². The Morgan fingerprint density at radius 3 is 2.29 bits per heavy atom. The van der Waals surface area contributed by atoms with Gasteiger partial charge in [-0.05, 0) is 55.7 Å². The van der Waals surface area contributed by atoms with Gasteiger partial charge < -0.3 is 15.7 Å². The fraction of sp³-hybridized carbons (Fsp3) is 0.467. The lowest BCUT2D eigenvalue weighted by atomic mass is 10.1. The number of hydrogen-bond donors (Lipinski definition) is 3. The molecule has 0 radical (unpaired) electrons. The quantitative estimate of drug-likeness (QED) is 0.781. The van der Waals surface area contributed by atoms with Gasteiger partial charge in [-0.1, -0.05) is 0 Å². The minimum atomic E-state index is -1.33. The summed E-state index contributed by atoms with van der Waals surface area (Å²) in [6, 6.07) is 3.41. The first-order chi connectivity index (χ1) is 10.0. The summed E-state index contributed by atoms with van der Waals surface area (Å²) >= 11 is 0. The van der Waals surface area contributed by atoms with E-state index in [1.807, 2.05) is 0 Å². The molecule has 2 saturated carbocycles. The van der Waals surface area contributed by atoms with Gasteiger partial charge in [0.25, 0.3) is 0 Å². The van der Waals surface area contributed by atoms with E-state index in [-0.39, 0.29) is 17.8 Å². The van der Waals surface area contributed by atoms with Crippen LogP contribution >= 0.6 is 0 Å². The van der Waals surface area contributed by atoms with Crippen molar-refractivity contribution in [2.45, 2.75) is 31.7 Å². The van der Waals surface area contributed by atoms with E-state index in [0.717, 1.165) is 37.8 Å². The van der Waals surface area contributed by atoms with Crippen LogP contribution in [-0.4, -0.2) is 23.1 Å². The molecular weight excluding hydrogens is 275 g/mol. The highest BCUT2D eigenvalue weighted by atomic mass is 19.1. The molecule has 0 heterocycles. The van der Waals surface area contributed by atoms with E-state index < -0.39 is 17.3 Å². The first kappa shape index (κ1) is 13.9. The molecule has 3 N–H and O–H groups in total. The van der Waals surface area contributed by atoms with E-state index in [9.17, 15) is 14.0 Å². The normalized spacial score (nSPS) is 17.6. The molecule has 21 heavy (non-hydrogen) atoms. The molecule has 0 aromatic heterocycles. The van der Waals surface area contributed by atoms with Crippen molar-refractivity contribution in [3.05, 3.63) is 29.6 Å². The molecular formula is C15H17FN2O3. The Bertz CT molecular complexity index is 570. The van der Waals surface area contributed by atoms with Crippen LogP contribution in [0.25, 0.3) is 0 Å². The molecule has 0 saturated heterocycles. The smallest absolute Gasteiger partial charge is 0.338 e. The highest BCUT2D eigenvalue weighted by molar-refractivity contribution is 5.92. The summed E-state index contributed by atoms with van der Waals surface area (Å²) in [5.74, 6) is -1.03. The molecule has 2 aliphatic carbocycles. The monoisotopic (exact) mass is 292 g/mol. The lowest BCUT2D eigenvalue weighted by Gasteiger charge is -2.18. The third-order valence-electron chi connectivity index (χ3n) is 4.01. The molecule has 0 atom stereocenters. The summed E-state index contributed by atoms with van der Waals surface area (Å²) < 4.78 is 13.5. The Morgan fingerprint density at radius 2 is 1.81 bits per heavy atom. The molecule has 3 rings (SSSR count). The number of aromatic carboxylic acids is 1. The van der Waals surface area contributed by atoms with E-state index in [1.54, 1.807) is 0 Å². The van der Waals surface area contributed by atoms with E-state index in [1.165, 1.54) is 6.07 Å². The van der Waals surface area contributed by atoms with Gasteiger partial charge in [-0.3, -0.25) is 0 Å². The second-order valence-electron chi connectivity index (χ2n) is 5.80. The predicted octanol–water partition coefficient (Wildman–Crippen LogP) is 2.83. The molecule has 6 heteroatoms. The number of benzene rings is 1. The standard InChI is InChI=1S/C15H17FN2O3/c16-12-7-10(5-6-11(12)14(19)20)17-15(21)18-13(8-1-2-8)9-3-4-9/h5-9,13H,1-4H2,(H,19,20)(H2,17,18,21).